The molecule has 0 aliphatic carbocycles. The fraction of sp³-hybridized carbons (Fsp3) is 0.182. The van der Waals surface area contributed by atoms with Gasteiger partial charge in [0.1, 0.15) is 5.75 Å². The molecule has 2 aromatic carbocycles. The summed E-state index contributed by atoms with van der Waals surface area (Å²) in [5.74, 6) is -1.50. The molecular weight excluding hydrogens is 468 g/mol. The highest BCUT2D eigenvalue weighted by molar-refractivity contribution is 9.10. The SMILES string of the molecule is CCOC(=O)COc1ccc(Br)cc1/C=C1/C(=O)N(c2ccc(C(=O)O)cc2)N=C1C. The van der Waals surface area contributed by atoms with Crippen LogP contribution in [-0.4, -0.2) is 41.9 Å². The summed E-state index contributed by atoms with van der Waals surface area (Å²) >= 11 is 3.40. The standard InChI is InChI=1S/C22H19BrN2O6/c1-3-30-20(26)12-31-19-9-6-16(23)10-15(19)11-18-13(2)24-25(21(18)27)17-7-4-14(5-8-17)22(28)29/h4-11H,3,12H2,1-2H3,(H,28,29)/b18-11+. The van der Waals surface area contributed by atoms with E-state index < -0.39 is 11.9 Å². The number of hydrogen-bond donors (Lipinski definition) is 1. The normalized spacial score (nSPS) is 14.5. The number of ether oxygens (including phenoxy) is 2. The first kappa shape index (κ1) is 22.2. The van der Waals surface area contributed by atoms with Crippen LogP contribution in [0.25, 0.3) is 6.08 Å². The number of esters is 1. The van der Waals surface area contributed by atoms with Crippen LogP contribution in [0.5, 0.6) is 5.75 Å². The molecular formula is C22H19BrN2O6. The van der Waals surface area contributed by atoms with Gasteiger partial charge in [0.2, 0.25) is 0 Å². The maximum absolute atomic E-state index is 13.0. The Kier molecular flexibility index (Phi) is 6.86. The monoisotopic (exact) mass is 486 g/mol. The zero-order valence-corrected chi connectivity index (χ0v) is 18.4. The number of carbonyl (C=O) groups is 3. The van der Waals surface area contributed by atoms with E-state index in [9.17, 15) is 14.4 Å². The second-order valence-corrected chi connectivity index (χ2v) is 7.40. The lowest BCUT2D eigenvalue weighted by Crippen LogP contribution is -2.21. The molecule has 0 fully saturated rings. The number of benzene rings is 2. The van der Waals surface area contributed by atoms with Crippen LogP contribution in [-0.2, 0) is 14.3 Å². The Labute approximate surface area is 186 Å². The van der Waals surface area contributed by atoms with Crippen molar-refractivity contribution in [1.82, 2.24) is 0 Å². The van der Waals surface area contributed by atoms with Gasteiger partial charge in [0.25, 0.3) is 5.91 Å². The Morgan fingerprint density at radius 2 is 1.90 bits per heavy atom. The molecule has 9 heteroatoms. The van der Waals surface area contributed by atoms with Crippen LogP contribution < -0.4 is 9.75 Å². The van der Waals surface area contributed by atoms with Crippen molar-refractivity contribution in [2.75, 3.05) is 18.2 Å². The number of anilines is 1. The highest BCUT2D eigenvalue weighted by Crippen LogP contribution is 2.29. The number of nitrogens with zero attached hydrogens (tertiary/aromatic N) is 2. The number of aromatic carboxylic acids is 1. The number of carboxylic acid groups (broad SMARTS) is 1. The van der Waals surface area contributed by atoms with Gasteiger partial charge in [-0.1, -0.05) is 15.9 Å². The zero-order valence-electron chi connectivity index (χ0n) is 16.8. The molecule has 0 aromatic heterocycles. The quantitative estimate of drug-likeness (QED) is 0.469. The first-order chi connectivity index (χ1) is 14.8. The molecule has 0 radical (unpaired) electrons. The Balaban J connectivity index is 1.87. The highest BCUT2D eigenvalue weighted by atomic mass is 79.9. The van der Waals surface area contributed by atoms with Crippen molar-refractivity contribution < 1.29 is 29.0 Å². The lowest BCUT2D eigenvalue weighted by atomic mass is 10.1. The molecule has 1 N–H and O–H groups in total. The molecule has 2 aromatic rings. The van der Waals surface area contributed by atoms with Crippen LogP contribution in [0.15, 0.2) is 57.6 Å². The van der Waals surface area contributed by atoms with Crippen molar-refractivity contribution in [2.24, 2.45) is 5.10 Å². The molecule has 0 saturated carbocycles. The number of halogens is 1. The van der Waals surface area contributed by atoms with Crippen LogP contribution in [0.2, 0.25) is 0 Å². The van der Waals surface area contributed by atoms with E-state index in [1.165, 1.54) is 29.3 Å². The molecule has 160 valence electrons. The van der Waals surface area contributed by atoms with E-state index in [0.29, 0.717) is 28.3 Å². The molecule has 0 bridgehead atoms. The molecule has 1 aliphatic rings. The molecule has 31 heavy (non-hydrogen) atoms. The lowest BCUT2D eigenvalue weighted by Gasteiger charge is -2.12. The van der Waals surface area contributed by atoms with Crippen molar-refractivity contribution in [1.29, 1.82) is 0 Å². The second kappa shape index (κ2) is 9.57. The van der Waals surface area contributed by atoms with Gasteiger partial charge in [0.15, 0.2) is 6.61 Å². The average molecular weight is 487 g/mol. The van der Waals surface area contributed by atoms with E-state index in [-0.39, 0.29) is 24.7 Å². The van der Waals surface area contributed by atoms with Gasteiger partial charge in [-0.05, 0) is 62.4 Å². The van der Waals surface area contributed by atoms with Gasteiger partial charge in [-0.15, -0.1) is 0 Å². The van der Waals surface area contributed by atoms with Crippen LogP contribution in [0.1, 0.15) is 29.8 Å². The van der Waals surface area contributed by atoms with Crippen molar-refractivity contribution in [3.05, 3.63) is 63.6 Å². The van der Waals surface area contributed by atoms with Gasteiger partial charge < -0.3 is 14.6 Å². The van der Waals surface area contributed by atoms with Gasteiger partial charge in [-0.25, -0.2) is 9.59 Å². The van der Waals surface area contributed by atoms with Gasteiger partial charge in [0.05, 0.1) is 29.1 Å². The van der Waals surface area contributed by atoms with Gasteiger partial charge in [-0.3, -0.25) is 4.79 Å². The fourth-order valence-corrected chi connectivity index (χ4v) is 3.24. The van der Waals surface area contributed by atoms with E-state index in [1.807, 2.05) is 0 Å². The maximum Gasteiger partial charge on any atom is 0.344 e. The largest absolute Gasteiger partial charge is 0.481 e. The van der Waals surface area contributed by atoms with Crippen molar-refractivity contribution in [3.8, 4) is 5.75 Å². The molecule has 0 spiro atoms. The predicted octanol–water partition coefficient (Wildman–Crippen LogP) is 3.90. The summed E-state index contributed by atoms with van der Waals surface area (Å²) < 4.78 is 11.2. The third kappa shape index (κ3) is 5.18. The Bertz CT molecular complexity index is 1090. The third-order valence-electron chi connectivity index (χ3n) is 4.34. The number of carbonyl (C=O) groups excluding carboxylic acids is 2. The first-order valence-corrected chi connectivity index (χ1v) is 10.1. The van der Waals surface area contributed by atoms with E-state index in [4.69, 9.17) is 14.6 Å². The minimum atomic E-state index is -1.05. The Morgan fingerprint density at radius 1 is 1.19 bits per heavy atom. The first-order valence-electron chi connectivity index (χ1n) is 9.33. The maximum atomic E-state index is 13.0. The summed E-state index contributed by atoms with van der Waals surface area (Å²) in [6, 6.07) is 11.1. The number of hydrazone groups is 1. The zero-order chi connectivity index (χ0) is 22.5. The minimum absolute atomic E-state index is 0.115. The molecule has 3 rings (SSSR count). The van der Waals surface area contributed by atoms with Crippen LogP contribution >= 0.6 is 15.9 Å². The van der Waals surface area contributed by atoms with Crippen molar-refractivity contribution >= 4 is 51.3 Å². The molecule has 1 heterocycles. The van der Waals surface area contributed by atoms with Crippen molar-refractivity contribution in [2.45, 2.75) is 13.8 Å². The van der Waals surface area contributed by atoms with E-state index in [0.717, 1.165) is 4.47 Å². The smallest absolute Gasteiger partial charge is 0.344 e. The molecule has 8 nitrogen and oxygen atoms in total. The minimum Gasteiger partial charge on any atom is -0.481 e. The number of amides is 1. The van der Waals surface area contributed by atoms with E-state index in [2.05, 4.69) is 21.0 Å². The Morgan fingerprint density at radius 3 is 2.55 bits per heavy atom. The summed E-state index contributed by atoms with van der Waals surface area (Å²) in [5, 5.41) is 14.5. The third-order valence-corrected chi connectivity index (χ3v) is 4.84. The second-order valence-electron chi connectivity index (χ2n) is 6.49. The summed E-state index contributed by atoms with van der Waals surface area (Å²) in [4.78, 5) is 35.6. The predicted molar refractivity (Wildman–Crippen MR) is 118 cm³/mol. The van der Waals surface area contributed by atoms with Crippen molar-refractivity contribution in [3.63, 3.8) is 0 Å². The van der Waals surface area contributed by atoms with Gasteiger partial charge >= 0.3 is 11.9 Å². The van der Waals surface area contributed by atoms with E-state index in [1.54, 1.807) is 38.1 Å². The Hall–Kier alpha value is -3.46. The van der Waals surface area contributed by atoms with Crippen LogP contribution in [0.3, 0.4) is 0 Å². The van der Waals surface area contributed by atoms with E-state index >= 15 is 0 Å². The number of rotatable bonds is 7. The van der Waals surface area contributed by atoms with Crippen LogP contribution in [0, 0.1) is 0 Å². The summed E-state index contributed by atoms with van der Waals surface area (Å²) in [7, 11) is 0. The summed E-state index contributed by atoms with van der Waals surface area (Å²) in [6.45, 7) is 3.41. The summed E-state index contributed by atoms with van der Waals surface area (Å²) in [5.41, 5.74) is 1.99. The average Bonchev–Trinajstić information content (AvgIpc) is 3.01. The van der Waals surface area contributed by atoms with Gasteiger partial charge in [0, 0.05) is 10.0 Å². The lowest BCUT2D eigenvalue weighted by molar-refractivity contribution is -0.145. The molecule has 1 amide bonds. The molecule has 1 aliphatic heterocycles. The number of hydrogen-bond acceptors (Lipinski definition) is 6. The number of carboxylic acids is 1. The molecule has 0 atom stereocenters. The molecule has 0 unspecified atom stereocenters. The highest BCUT2D eigenvalue weighted by Gasteiger charge is 2.29. The summed E-state index contributed by atoms with van der Waals surface area (Å²) in [6.07, 6.45) is 1.64. The van der Waals surface area contributed by atoms with Gasteiger partial charge in [-0.2, -0.15) is 10.1 Å². The fourth-order valence-electron chi connectivity index (χ4n) is 2.86. The van der Waals surface area contributed by atoms with Crippen LogP contribution in [0.4, 0.5) is 5.69 Å². The molecule has 0 saturated heterocycles. The topological polar surface area (TPSA) is 106 Å².